The smallest absolute Gasteiger partial charge is 0.258 e. The summed E-state index contributed by atoms with van der Waals surface area (Å²) in [6.07, 6.45) is 2.58. The van der Waals surface area contributed by atoms with Gasteiger partial charge in [-0.25, -0.2) is 4.98 Å². The maximum absolute atomic E-state index is 13.4. The van der Waals surface area contributed by atoms with E-state index in [0.717, 1.165) is 34.7 Å². The molecule has 1 aromatic heterocycles. The first-order valence-electron chi connectivity index (χ1n) is 8.67. The van der Waals surface area contributed by atoms with Crippen molar-refractivity contribution in [2.45, 2.75) is 13.0 Å². The van der Waals surface area contributed by atoms with Crippen molar-refractivity contribution in [2.24, 2.45) is 0 Å². The van der Waals surface area contributed by atoms with Crippen LogP contribution in [0, 0.1) is 0 Å². The summed E-state index contributed by atoms with van der Waals surface area (Å²) in [7, 11) is 0. The van der Waals surface area contributed by atoms with E-state index in [1.807, 2.05) is 54.6 Å². The molecule has 0 bridgehead atoms. The second-order valence-corrected chi connectivity index (χ2v) is 6.47. The number of hydrogen-bond donors (Lipinski definition) is 1. The van der Waals surface area contributed by atoms with Crippen LogP contribution < -0.4 is 15.0 Å². The first kappa shape index (κ1) is 15.0. The lowest BCUT2D eigenvalue weighted by molar-refractivity contribution is 0.0985. The number of amides is 1. The van der Waals surface area contributed by atoms with Crippen LogP contribution in [0.3, 0.4) is 0 Å². The number of carbonyl (C=O) groups is 1. The van der Waals surface area contributed by atoms with Crippen LogP contribution in [0.4, 0.5) is 17.2 Å². The SMILES string of the molecule is O=C(c1ccc2c(c1)CCO2)N1Cc2ccccc2Nc2ncccc21. The minimum Gasteiger partial charge on any atom is -0.493 e. The molecule has 3 heterocycles. The van der Waals surface area contributed by atoms with Gasteiger partial charge in [-0.05, 0) is 47.5 Å². The third-order valence-corrected chi connectivity index (χ3v) is 4.86. The molecule has 0 spiro atoms. The second-order valence-electron chi connectivity index (χ2n) is 6.47. The second kappa shape index (κ2) is 5.88. The zero-order chi connectivity index (χ0) is 17.5. The summed E-state index contributed by atoms with van der Waals surface area (Å²) in [5.74, 6) is 1.54. The molecule has 0 saturated heterocycles. The fourth-order valence-corrected chi connectivity index (χ4v) is 3.53. The van der Waals surface area contributed by atoms with Gasteiger partial charge in [0.25, 0.3) is 5.91 Å². The summed E-state index contributed by atoms with van der Waals surface area (Å²) in [5, 5.41) is 3.36. The highest BCUT2D eigenvalue weighted by atomic mass is 16.5. The van der Waals surface area contributed by atoms with Crippen LogP contribution in [0.2, 0.25) is 0 Å². The molecule has 0 fully saturated rings. The predicted molar refractivity (Wildman–Crippen MR) is 100 cm³/mol. The van der Waals surface area contributed by atoms with Crippen molar-refractivity contribution in [1.29, 1.82) is 0 Å². The Kier molecular flexibility index (Phi) is 3.38. The maximum atomic E-state index is 13.4. The summed E-state index contributed by atoms with van der Waals surface area (Å²) in [6.45, 7) is 1.18. The van der Waals surface area contributed by atoms with Gasteiger partial charge in [0.2, 0.25) is 0 Å². The van der Waals surface area contributed by atoms with Crippen molar-refractivity contribution < 1.29 is 9.53 Å². The van der Waals surface area contributed by atoms with Crippen molar-refractivity contribution in [2.75, 3.05) is 16.8 Å². The molecule has 0 atom stereocenters. The molecule has 2 aliphatic heterocycles. The molecule has 128 valence electrons. The molecule has 0 unspecified atom stereocenters. The number of rotatable bonds is 1. The van der Waals surface area contributed by atoms with Gasteiger partial charge in [0.05, 0.1) is 18.8 Å². The van der Waals surface area contributed by atoms with E-state index in [4.69, 9.17) is 4.74 Å². The molecule has 2 aliphatic rings. The Balaban J connectivity index is 1.60. The van der Waals surface area contributed by atoms with Crippen molar-refractivity contribution in [3.63, 3.8) is 0 Å². The third kappa shape index (κ3) is 2.40. The lowest BCUT2D eigenvalue weighted by Crippen LogP contribution is -2.30. The fraction of sp³-hybridized carbons (Fsp3) is 0.143. The van der Waals surface area contributed by atoms with Crippen molar-refractivity contribution in [3.05, 3.63) is 77.5 Å². The van der Waals surface area contributed by atoms with Crippen LogP contribution in [0.15, 0.2) is 60.8 Å². The monoisotopic (exact) mass is 343 g/mol. The molecule has 1 N–H and O–H groups in total. The summed E-state index contributed by atoms with van der Waals surface area (Å²) in [4.78, 5) is 19.6. The normalized spacial score (nSPS) is 14.4. The Labute approximate surface area is 151 Å². The molecular formula is C21H17N3O2. The maximum Gasteiger partial charge on any atom is 0.258 e. The highest BCUT2D eigenvalue weighted by molar-refractivity contribution is 6.08. The molecule has 5 heteroatoms. The van der Waals surface area contributed by atoms with Crippen LogP contribution in [0.5, 0.6) is 5.75 Å². The van der Waals surface area contributed by atoms with Crippen LogP contribution >= 0.6 is 0 Å². The van der Waals surface area contributed by atoms with Crippen LogP contribution in [0.1, 0.15) is 21.5 Å². The molecule has 26 heavy (non-hydrogen) atoms. The number of nitrogens with one attached hydrogen (secondary N) is 1. The average molecular weight is 343 g/mol. The van der Waals surface area contributed by atoms with Crippen LogP contribution in [0.25, 0.3) is 0 Å². The Bertz CT molecular complexity index is 1020. The third-order valence-electron chi connectivity index (χ3n) is 4.86. The molecule has 0 saturated carbocycles. The predicted octanol–water partition coefficient (Wildman–Crippen LogP) is 3.92. The van der Waals surface area contributed by atoms with Gasteiger partial charge < -0.3 is 15.0 Å². The first-order chi connectivity index (χ1) is 12.8. The molecule has 1 amide bonds. The molecule has 0 aliphatic carbocycles. The minimum absolute atomic E-state index is 0.0348. The van der Waals surface area contributed by atoms with E-state index in [-0.39, 0.29) is 5.91 Å². The Morgan fingerprint density at radius 1 is 1.08 bits per heavy atom. The number of benzene rings is 2. The number of carbonyl (C=O) groups excluding carboxylic acids is 1. The zero-order valence-electron chi connectivity index (χ0n) is 14.1. The molecule has 5 nitrogen and oxygen atoms in total. The molecular weight excluding hydrogens is 326 g/mol. The van der Waals surface area contributed by atoms with Gasteiger partial charge in [-0.3, -0.25) is 4.79 Å². The Hall–Kier alpha value is -3.34. The van der Waals surface area contributed by atoms with Gasteiger partial charge in [0, 0.05) is 23.9 Å². The number of fused-ring (bicyclic) bond motifs is 3. The van der Waals surface area contributed by atoms with Gasteiger partial charge >= 0.3 is 0 Å². The van der Waals surface area contributed by atoms with Crippen molar-refractivity contribution in [1.82, 2.24) is 4.98 Å². The number of para-hydroxylation sites is 1. The first-order valence-corrected chi connectivity index (χ1v) is 8.67. The van der Waals surface area contributed by atoms with Gasteiger partial charge in [-0.15, -0.1) is 0 Å². The Morgan fingerprint density at radius 3 is 2.96 bits per heavy atom. The van der Waals surface area contributed by atoms with E-state index in [1.54, 1.807) is 11.1 Å². The Morgan fingerprint density at radius 2 is 2.00 bits per heavy atom. The standard InChI is InChI=1S/C21H17N3O2/c25-21(15-7-8-19-14(12-15)9-11-26-19)24-13-16-4-1-2-5-17(16)23-20-18(24)6-3-10-22-20/h1-8,10,12H,9,11,13H2,(H,22,23). The number of aromatic nitrogens is 1. The van der Waals surface area contributed by atoms with Crippen LogP contribution in [-0.2, 0) is 13.0 Å². The van der Waals surface area contributed by atoms with Crippen molar-refractivity contribution in [3.8, 4) is 5.75 Å². The number of nitrogens with zero attached hydrogens (tertiary/aromatic N) is 2. The van der Waals surface area contributed by atoms with Gasteiger partial charge in [-0.1, -0.05) is 18.2 Å². The number of ether oxygens (including phenoxy) is 1. The molecule has 3 aromatic rings. The van der Waals surface area contributed by atoms with Crippen molar-refractivity contribution >= 4 is 23.1 Å². The minimum atomic E-state index is -0.0348. The van der Waals surface area contributed by atoms with Gasteiger partial charge in [-0.2, -0.15) is 0 Å². The highest BCUT2D eigenvalue weighted by Gasteiger charge is 2.26. The lowest BCUT2D eigenvalue weighted by atomic mass is 10.1. The van der Waals surface area contributed by atoms with E-state index in [1.165, 1.54) is 0 Å². The summed E-state index contributed by atoms with van der Waals surface area (Å²) < 4.78 is 5.56. The highest BCUT2D eigenvalue weighted by Crippen LogP contribution is 2.35. The van der Waals surface area contributed by atoms with E-state index < -0.39 is 0 Å². The van der Waals surface area contributed by atoms with Gasteiger partial charge in [0.15, 0.2) is 5.82 Å². The molecule has 0 radical (unpaired) electrons. The van der Waals surface area contributed by atoms with E-state index >= 15 is 0 Å². The van der Waals surface area contributed by atoms with Crippen LogP contribution in [-0.4, -0.2) is 17.5 Å². The van der Waals surface area contributed by atoms with Gasteiger partial charge in [0.1, 0.15) is 5.75 Å². The number of pyridine rings is 1. The molecule has 2 aromatic carbocycles. The summed E-state index contributed by atoms with van der Waals surface area (Å²) in [5.41, 5.74) is 4.58. The summed E-state index contributed by atoms with van der Waals surface area (Å²) in [6, 6.07) is 17.5. The van der Waals surface area contributed by atoms with E-state index in [0.29, 0.717) is 24.5 Å². The lowest BCUT2D eigenvalue weighted by Gasteiger charge is -2.22. The van der Waals surface area contributed by atoms with E-state index in [2.05, 4.69) is 10.3 Å². The number of hydrogen-bond acceptors (Lipinski definition) is 4. The average Bonchev–Trinajstić information content (AvgIpc) is 3.08. The zero-order valence-corrected chi connectivity index (χ0v) is 14.1. The quantitative estimate of drug-likeness (QED) is 0.728. The fourth-order valence-electron chi connectivity index (χ4n) is 3.53. The summed E-state index contributed by atoms with van der Waals surface area (Å²) >= 11 is 0. The topological polar surface area (TPSA) is 54.5 Å². The largest absolute Gasteiger partial charge is 0.493 e. The molecule has 5 rings (SSSR count). The number of anilines is 3. The van der Waals surface area contributed by atoms with E-state index in [9.17, 15) is 4.79 Å².